The summed E-state index contributed by atoms with van der Waals surface area (Å²) in [6.45, 7) is 0.280. The van der Waals surface area contributed by atoms with E-state index in [9.17, 15) is 12.6 Å². The van der Waals surface area contributed by atoms with Gasteiger partial charge < -0.3 is 5.73 Å². The standard InChI is InChI=1S/C11H17N3O3S2/c12-7-10-1-2-11(8-13-10)19(16,17)14-9-3-5-18(15)6-4-9/h1-2,8-9,14H,3-7,12H2. The number of sulfonamides is 1. The SMILES string of the molecule is NCc1ccc(S(=O)(=O)NC2CCS(=O)CC2)cn1. The van der Waals surface area contributed by atoms with Gasteiger partial charge in [0.15, 0.2) is 0 Å². The van der Waals surface area contributed by atoms with Gasteiger partial charge in [-0.1, -0.05) is 0 Å². The fourth-order valence-corrected chi connectivity index (χ4v) is 4.44. The third-order valence-corrected chi connectivity index (χ3v) is 5.91. The van der Waals surface area contributed by atoms with Gasteiger partial charge in [0, 0.05) is 41.1 Å². The van der Waals surface area contributed by atoms with Gasteiger partial charge in [0.25, 0.3) is 0 Å². The van der Waals surface area contributed by atoms with Crippen molar-refractivity contribution in [2.45, 2.75) is 30.3 Å². The first-order valence-electron chi connectivity index (χ1n) is 6.03. The van der Waals surface area contributed by atoms with Crippen LogP contribution in [0.5, 0.6) is 0 Å². The van der Waals surface area contributed by atoms with Crippen LogP contribution in [0.4, 0.5) is 0 Å². The molecule has 0 aliphatic carbocycles. The maximum absolute atomic E-state index is 12.1. The smallest absolute Gasteiger partial charge is 0.242 e. The quantitative estimate of drug-likeness (QED) is 0.797. The molecule has 1 aliphatic rings. The van der Waals surface area contributed by atoms with Crippen LogP contribution in [-0.2, 0) is 27.4 Å². The molecule has 0 saturated carbocycles. The summed E-state index contributed by atoms with van der Waals surface area (Å²) in [6.07, 6.45) is 2.53. The van der Waals surface area contributed by atoms with E-state index in [1.807, 2.05) is 0 Å². The normalized spacial score (nSPS) is 24.3. The maximum Gasteiger partial charge on any atom is 0.242 e. The van der Waals surface area contributed by atoms with Crippen molar-refractivity contribution in [3.8, 4) is 0 Å². The van der Waals surface area contributed by atoms with E-state index in [2.05, 4.69) is 9.71 Å². The van der Waals surface area contributed by atoms with Crippen LogP contribution in [0.3, 0.4) is 0 Å². The largest absolute Gasteiger partial charge is 0.325 e. The number of aromatic nitrogens is 1. The molecule has 1 aromatic rings. The number of rotatable bonds is 4. The highest BCUT2D eigenvalue weighted by Crippen LogP contribution is 2.14. The van der Waals surface area contributed by atoms with Crippen LogP contribution < -0.4 is 10.5 Å². The number of hydrogen-bond acceptors (Lipinski definition) is 5. The van der Waals surface area contributed by atoms with Gasteiger partial charge in [-0.3, -0.25) is 9.19 Å². The Kier molecular flexibility index (Phi) is 4.67. The Morgan fingerprint density at radius 3 is 2.58 bits per heavy atom. The van der Waals surface area contributed by atoms with E-state index in [1.54, 1.807) is 6.07 Å². The van der Waals surface area contributed by atoms with E-state index in [-0.39, 0.29) is 17.5 Å². The second-order valence-corrected chi connectivity index (χ2v) is 7.84. The summed E-state index contributed by atoms with van der Waals surface area (Å²) in [5.41, 5.74) is 6.06. The summed E-state index contributed by atoms with van der Waals surface area (Å²) in [5, 5.41) is 0. The lowest BCUT2D eigenvalue weighted by Crippen LogP contribution is -2.39. The summed E-state index contributed by atoms with van der Waals surface area (Å²) in [7, 11) is -4.35. The van der Waals surface area contributed by atoms with E-state index in [0.717, 1.165) is 0 Å². The third kappa shape index (κ3) is 3.82. The lowest BCUT2D eigenvalue weighted by molar-refractivity contribution is 0.521. The first-order chi connectivity index (χ1) is 9.01. The van der Waals surface area contributed by atoms with Gasteiger partial charge in [0.05, 0.1) is 5.69 Å². The molecule has 1 aromatic heterocycles. The number of nitrogens with one attached hydrogen (secondary N) is 1. The zero-order valence-corrected chi connectivity index (χ0v) is 12.0. The summed E-state index contributed by atoms with van der Waals surface area (Å²) in [5.74, 6) is 1.11. The molecule has 106 valence electrons. The van der Waals surface area contributed by atoms with Crippen LogP contribution in [0.2, 0.25) is 0 Å². The average Bonchev–Trinajstić information content (AvgIpc) is 2.41. The van der Waals surface area contributed by atoms with Crippen molar-refractivity contribution < 1.29 is 12.6 Å². The molecular weight excluding hydrogens is 286 g/mol. The lowest BCUT2D eigenvalue weighted by Gasteiger charge is -2.22. The second-order valence-electron chi connectivity index (χ2n) is 4.43. The topological polar surface area (TPSA) is 102 Å². The van der Waals surface area contributed by atoms with Crippen LogP contribution in [0.1, 0.15) is 18.5 Å². The Balaban J connectivity index is 2.06. The van der Waals surface area contributed by atoms with Gasteiger partial charge in [-0.05, 0) is 25.0 Å². The Labute approximate surface area is 115 Å². The van der Waals surface area contributed by atoms with E-state index in [1.165, 1.54) is 12.3 Å². The predicted octanol–water partition coefficient (Wildman–Crippen LogP) is -0.270. The van der Waals surface area contributed by atoms with Gasteiger partial charge in [0.2, 0.25) is 10.0 Å². The van der Waals surface area contributed by atoms with Crippen LogP contribution in [-0.4, -0.2) is 35.2 Å². The summed E-state index contributed by atoms with van der Waals surface area (Å²) >= 11 is 0. The van der Waals surface area contributed by atoms with Crippen molar-refractivity contribution >= 4 is 20.8 Å². The molecule has 0 aromatic carbocycles. The predicted molar refractivity (Wildman–Crippen MR) is 73.3 cm³/mol. The molecule has 0 unspecified atom stereocenters. The molecule has 1 aliphatic heterocycles. The van der Waals surface area contributed by atoms with Gasteiger partial charge in [-0.2, -0.15) is 0 Å². The number of nitrogens with zero attached hydrogens (tertiary/aromatic N) is 1. The average molecular weight is 303 g/mol. The Hall–Kier alpha value is -0.830. The van der Waals surface area contributed by atoms with Crippen LogP contribution in [0.25, 0.3) is 0 Å². The van der Waals surface area contributed by atoms with Crippen molar-refractivity contribution in [1.29, 1.82) is 0 Å². The molecule has 3 N–H and O–H groups in total. The van der Waals surface area contributed by atoms with E-state index >= 15 is 0 Å². The molecule has 0 amide bonds. The van der Waals surface area contributed by atoms with Crippen molar-refractivity contribution in [2.24, 2.45) is 5.73 Å². The molecule has 8 heteroatoms. The molecular formula is C11H17N3O3S2. The number of nitrogens with two attached hydrogens (primary N) is 1. The summed E-state index contributed by atoms with van der Waals surface area (Å²) in [4.78, 5) is 4.11. The molecule has 2 heterocycles. The third-order valence-electron chi connectivity index (χ3n) is 3.03. The van der Waals surface area contributed by atoms with Gasteiger partial charge in [-0.15, -0.1) is 0 Å². The highest BCUT2D eigenvalue weighted by molar-refractivity contribution is 7.89. The fourth-order valence-electron chi connectivity index (χ4n) is 1.89. The van der Waals surface area contributed by atoms with Crippen LogP contribution in [0.15, 0.2) is 23.2 Å². The van der Waals surface area contributed by atoms with E-state index in [0.29, 0.717) is 30.0 Å². The molecule has 0 spiro atoms. The molecule has 0 radical (unpaired) electrons. The first-order valence-corrected chi connectivity index (χ1v) is 9.00. The Bertz CT molecular complexity index is 547. The van der Waals surface area contributed by atoms with E-state index < -0.39 is 20.8 Å². The van der Waals surface area contributed by atoms with Crippen molar-refractivity contribution in [3.05, 3.63) is 24.0 Å². The molecule has 1 saturated heterocycles. The molecule has 0 bridgehead atoms. The second kappa shape index (κ2) is 6.08. The van der Waals surface area contributed by atoms with Gasteiger partial charge >= 0.3 is 0 Å². The summed E-state index contributed by atoms with van der Waals surface area (Å²) < 4.78 is 38.1. The zero-order chi connectivity index (χ0) is 13.9. The fraction of sp³-hybridized carbons (Fsp3) is 0.545. The van der Waals surface area contributed by atoms with Gasteiger partial charge in [0.1, 0.15) is 4.90 Å². The molecule has 0 atom stereocenters. The minimum absolute atomic E-state index is 0.136. The highest BCUT2D eigenvalue weighted by atomic mass is 32.2. The van der Waals surface area contributed by atoms with Gasteiger partial charge in [-0.25, -0.2) is 13.1 Å². The van der Waals surface area contributed by atoms with Crippen molar-refractivity contribution in [1.82, 2.24) is 9.71 Å². The monoisotopic (exact) mass is 303 g/mol. The lowest BCUT2D eigenvalue weighted by atomic mass is 10.2. The minimum atomic E-state index is -3.55. The number of hydrogen-bond donors (Lipinski definition) is 2. The minimum Gasteiger partial charge on any atom is -0.325 e. The number of pyridine rings is 1. The zero-order valence-electron chi connectivity index (χ0n) is 10.4. The summed E-state index contributed by atoms with van der Waals surface area (Å²) in [6, 6.07) is 2.96. The van der Waals surface area contributed by atoms with Crippen LogP contribution >= 0.6 is 0 Å². The van der Waals surface area contributed by atoms with Crippen molar-refractivity contribution in [2.75, 3.05) is 11.5 Å². The van der Waals surface area contributed by atoms with E-state index in [4.69, 9.17) is 5.73 Å². The van der Waals surface area contributed by atoms with Crippen molar-refractivity contribution in [3.63, 3.8) is 0 Å². The molecule has 2 rings (SSSR count). The maximum atomic E-state index is 12.1. The van der Waals surface area contributed by atoms with Crippen LogP contribution in [0, 0.1) is 0 Å². The highest BCUT2D eigenvalue weighted by Gasteiger charge is 2.24. The molecule has 6 nitrogen and oxygen atoms in total. The molecule has 19 heavy (non-hydrogen) atoms. The first kappa shape index (κ1) is 14.6. The Morgan fingerprint density at radius 1 is 1.37 bits per heavy atom. The molecule has 1 fully saturated rings. The Morgan fingerprint density at radius 2 is 2.05 bits per heavy atom.